The van der Waals surface area contributed by atoms with Crippen molar-refractivity contribution < 1.29 is 22.7 Å². The smallest absolute Gasteiger partial charge is 0.388 e. The standard InChI is InChI=1S/C15H11F3N4O2/c16-15(17,18)24-13-5-4-10(7-19-13)14(23)20-6-9-2-1-3-12-11(9)8-21-22-12/h1-5,7-8H,6H2,(H,20,23)(H,21,22). The second-order valence-electron chi connectivity index (χ2n) is 4.86. The molecule has 0 bridgehead atoms. The van der Waals surface area contributed by atoms with Crippen LogP contribution >= 0.6 is 0 Å². The average molecular weight is 336 g/mol. The molecular weight excluding hydrogens is 325 g/mol. The summed E-state index contributed by atoms with van der Waals surface area (Å²) in [4.78, 5) is 15.5. The molecule has 1 amide bonds. The van der Waals surface area contributed by atoms with E-state index in [-0.39, 0.29) is 12.1 Å². The van der Waals surface area contributed by atoms with E-state index in [2.05, 4.69) is 25.2 Å². The Hall–Kier alpha value is -3.10. The summed E-state index contributed by atoms with van der Waals surface area (Å²) in [6.07, 6.45) is -2.14. The zero-order valence-corrected chi connectivity index (χ0v) is 12.1. The number of pyridine rings is 1. The van der Waals surface area contributed by atoms with Gasteiger partial charge in [0, 0.05) is 24.2 Å². The number of H-pyrrole nitrogens is 1. The zero-order chi connectivity index (χ0) is 17.2. The number of carbonyl (C=O) groups is 1. The number of rotatable bonds is 4. The van der Waals surface area contributed by atoms with Gasteiger partial charge in [0.1, 0.15) is 0 Å². The van der Waals surface area contributed by atoms with E-state index in [0.29, 0.717) is 0 Å². The molecule has 9 heteroatoms. The quantitative estimate of drug-likeness (QED) is 0.768. The van der Waals surface area contributed by atoms with Crippen molar-refractivity contribution in [2.75, 3.05) is 0 Å². The van der Waals surface area contributed by atoms with Gasteiger partial charge < -0.3 is 10.1 Å². The molecule has 2 N–H and O–H groups in total. The molecule has 0 radical (unpaired) electrons. The second kappa shape index (κ2) is 6.19. The lowest BCUT2D eigenvalue weighted by molar-refractivity contribution is -0.276. The maximum Gasteiger partial charge on any atom is 0.574 e. The number of aromatic amines is 1. The number of alkyl halides is 3. The van der Waals surface area contributed by atoms with Crippen LogP contribution in [-0.4, -0.2) is 27.5 Å². The Morgan fingerprint density at radius 3 is 2.75 bits per heavy atom. The molecule has 0 aliphatic heterocycles. The first-order valence-corrected chi connectivity index (χ1v) is 6.83. The van der Waals surface area contributed by atoms with Crippen molar-refractivity contribution in [1.82, 2.24) is 20.5 Å². The third-order valence-corrected chi connectivity index (χ3v) is 3.23. The molecule has 3 aromatic rings. The number of nitrogens with zero attached hydrogens (tertiary/aromatic N) is 2. The topological polar surface area (TPSA) is 79.9 Å². The van der Waals surface area contributed by atoms with Crippen molar-refractivity contribution in [3.63, 3.8) is 0 Å². The Labute approximate surface area is 133 Å². The number of nitrogens with one attached hydrogen (secondary N) is 2. The van der Waals surface area contributed by atoms with E-state index in [9.17, 15) is 18.0 Å². The van der Waals surface area contributed by atoms with Crippen LogP contribution in [-0.2, 0) is 6.54 Å². The highest BCUT2D eigenvalue weighted by molar-refractivity contribution is 5.94. The highest BCUT2D eigenvalue weighted by Crippen LogP contribution is 2.20. The van der Waals surface area contributed by atoms with E-state index in [1.54, 1.807) is 6.20 Å². The summed E-state index contributed by atoms with van der Waals surface area (Å²) < 4.78 is 39.8. The van der Waals surface area contributed by atoms with Crippen LogP contribution in [0.2, 0.25) is 0 Å². The lowest BCUT2D eigenvalue weighted by Gasteiger charge is -2.09. The number of hydrogen-bond acceptors (Lipinski definition) is 4. The van der Waals surface area contributed by atoms with Crippen molar-refractivity contribution in [2.45, 2.75) is 12.9 Å². The minimum absolute atomic E-state index is 0.129. The minimum Gasteiger partial charge on any atom is -0.388 e. The summed E-state index contributed by atoms with van der Waals surface area (Å²) in [5.41, 5.74) is 1.83. The van der Waals surface area contributed by atoms with Crippen LogP contribution in [0.5, 0.6) is 5.88 Å². The Balaban J connectivity index is 1.66. The summed E-state index contributed by atoms with van der Waals surface area (Å²) in [6, 6.07) is 7.72. The van der Waals surface area contributed by atoms with E-state index >= 15 is 0 Å². The molecule has 0 aliphatic carbocycles. The lowest BCUT2D eigenvalue weighted by Crippen LogP contribution is -2.23. The summed E-state index contributed by atoms with van der Waals surface area (Å²) >= 11 is 0. The summed E-state index contributed by atoms with van der Waals surface area (Å²) in [6.45, 7) is 0.247. The summed E-state index contributed by atoms with van der Waals surface area (Å²) in [5, 5.41) is 10.3. The molecule has 24 heavy (non-hydrogen) atoms. The Kier molecular flexibility index (Phi) is 4.07. The van der Waals surface area contributed by atoms with E-state index in [1.165, 1.54) is 6.07 Å². The van der Waals surface area contributed by atoms with Crippen molar-refractivity contribution in [2.24, 2.45) is 0 Å². The molecule has 2 heterocycles. The first-order valence-electron chi connectivity index (χ1n) is 6.83. The molecule has 124 valence electrons. The number of amides is 1. The monoisotopic (exact) mass is 336 g/mol. The largest absolute Gasteiger partial charge is 0.574 e. The van der Waals surface area contributed by atoms with E-state index in [0.717, 1.165) is 28.7 Å². The number of aromatic nitrogens is 3. The maximum atomic E-state index is 12.1. The Morgan fingerprint density at radius 2 is 2.04 bits per heavy atom. The zero-order valence-electron chi connectivity index (χ0n) is 12.1. The van der Waals surface area contributed by atoms with Crippen LogP contribution in [0.15, 0.2) is 42.7 Å². The van der Waals surface area contributed by atoms with Gasteiger partial charge in [0.05, 0.1) is 17.3 Å². The third kappa shape index (κ3) is 3.62. The molecule has 0 fully saturated rings. The summed E-state index contributed by atoms with van der Waals surface area (Å²) in [7, 11) is 0. The molecular formula is C15H11F3N4O2. The SMILES string of the molecule is O=C(NCc1cccc2[nH]ncc12)c1ccc(OC(F)(F)F)nc1. The summed E-state index contributed by atoms with van der Waals surface area (Å²) in [5.74, 6) is -1.08. The first kappa shape index (κ1) is 15.8. The van der Waals surface area contributed by atoms with Crippen LogP contribution in [0.25, 0.3) is 10.9 Å². The normalized spacial score (nSPS) is 11.5. The molecule has 3 rings (SSSR count). The van der Waals surface area contributed by atoms with Gasteiger partial charge in [0.2, 0.25) is 5.88 Å². The van der Waals surface area contributed by atoms with Gasteiger partial charge in [-0.2, -0.15) is 5.10 Å². The van der Waals surface area contributed by atoms with Crippen molar-refractivity contribution >= 4 is 16.8 Å². The van der Waals surface area contributed by atoms with Gasteiger partial charge in [0.15, 0.2) is 0 Å². The van der Waals surface area contributed by atoms with E-state index in [4.69, 9.17) is 0 Å². The van der Waals surface area contributed by atoms with Crippen molar-refractivity contribution in [3.05, 3.63) is 53.9 Å². The highest BCUT2D eigenvalue weighted by atomic mass is 19.4. The van der Waals surface area contributed by atoms with Gasteiger partial charge in [-0.15, -0.1) is 13.2 Å². The lowest BCUT2D eigenvalue weighted by atomic mass is 10.1. The van der Waals surface area contributed by atoms with Crippen LogP contribution in [0, 0.1) is 0 Å². The van der Waals surface area contributed by atoms with Gasteiger partial charge in [0.25, 0.3) is 5.91 Å². The molecule has 0 unspecified atom stereocenters. The van der Waals surface area contributed by atoms with Crippen molar-refractivity contribution in [3.8, 4) is 5.88 Å². The number of ether oxygens (including phenoxy) is 1. The van der Waals surface area contributed by atoms with Gasteiger partial charge in [-0.25, -0.2) is 4.98 Å². The van der Waals surface area contributed by atoms with Gasteiger partial charge in [-0.05, 0) is 17.7 Å². The molecule has 0 atom stereocenters. The number of hydrogen-bond donors (Lipinski definition) is 2. The van der Waals surface area contributed by atoms with E-state index < -0.39 is 18.1 Å². The fourth-order valence-electron chi connectivity index (χ4n) is 2.15. The first-order chi connectivity index (χ1) is 11.4. The highest BCUT2D eigenvalue weighted by Gasteiger charge is 2.31. The van der Waals surface area contributed by atoms with E-state index in [1.807, 2.05) is 18.2 Å². The maximum absolute atomic E-state index is 12.1. The Morgan fingerprint density at radius 1 is 1.21 bits per heavy atom. The molecule has 0 saturated heterocycles. The van der Waals surface area contributed by atoms with Crippen LogP contribution in [0.3, 0.4) is 0 Å². The number of fused-ring (bicyclic) bond motifs is 1. The van der Waals surface area contributed by atoms with Gasteiger partial charge in [-0.3, -0.25) is 9.89 Å². The molecule has 1 aromatic carbocycles. The predicted molar refractivity (Wildman–Crippen MR) is 78.2 cm³/mol. The van der Waals surface area contributed by atoms with Gasteiger partial charge >= 0.3 is 6.36 Å². The predicted octanol–water partition coefficient (Wildman–Crippen LogP) is 2.79. The molecule has 0 aliphatic rings. The Bertz CT molecular complexity index is 859. The minimum atomic E-state index is -4.82. The fraction of sp³-hybridized carbons (Fsp3) is 0.133. The fourth-order valence-corrected chi connectivity index (χ4v) is 2.15. The van der Waals surface area contributed by atoms with Gasteiger partial charge in [-0.1, -0.05) is 12.1 Å². The third-order valence-electron chi connectivity index (χ3n) is 3.23. The molecule has 0 saturated carbocycles. The number of carbonyl (C=O) groups excluding carboxylic acids is 1. The average Bonchev–Trinajstić information content (AvgIpc) is 3.01. The number of halogens is 3. The molecule has 6 nitrogen and oxygen atoms in total. The van der Waals surface area contributed by atoms with Crippen LogP contribution < -0.4 is 10.1 Å². The second-order valence-corrected chi connectivity index (χ2v) is 4.86. The van der Waals surface area contributed by atoms with Crippen LogP contribution in [0.4, 0.5) is 13.2 Å². The molecule has 0 spiro atoms. The van der Waals surface area contributed by atoms with Crippen molar-refractivity contribution in [1.29, 1.82) is 0 Å². The van der Waals surface area contributed by atoms with Crippen LogP contribution in [0.1, 0.15) is 15.9 Å². The number of benzene rings is 1. The molecule has 2 aromatic heterocycles.